The number of carbonyl (C=O) groups is 1. The Morgan fingerprint density at radius 1 is 1.32 bits per heavy atom. The Kier molecular flexibility index (Phi) is 4.52. The Bertz CT molecular complexity index is 560. The van der Waals surface area contributed by atoms with Gasteiger partial charge in [0, 0.05) is 0 Å². The van der Waals surface area contributed by atoms with E-state index in [1.54, 1.807) is 6.07 Å². The molecule has 0 saturated heterocycles. The van der Waals surface area contributed by atoms with Gasteiger partial charge in [0.25, 0.3) is 0 Å². The van der Waals surface area contributed by atoms with Crippen LogP contribution in [0, 0.1) is 0 Å². The molecule has 2 rings (SSSR count). The summed E-state index contributed by atoms with van der Waals surface area (Å²) in [7, 11) is 0. The second-order valence-corrected chi connectivity index (χ2v) is 4.89. The van der Waals surface area contributed by atoms with Crippen LogP contribution in [0.5, 0.6) is 0 Å². The zero-order valence-electron chi connectivity index (χ0n) is 10.5. The average Bonchev–Trinajstić information content (AvgIpc) is 2.45. The summed E-state index contributed by atoms with van der Waals surface area (Å²) in [5.74, 6) is -1.51. The minimum Gasteiger partial charge on any atom is -0.481 e. The van der Waals surface area contributed by atoms with Crippen molar-refractivity contribution in [3.63, 3.8) is 0 Å². The van der Waals surface area contributed by atoms with Gasteiger partial charge in [-0.05, 0) is 24.3 Å². The Labute approximate surface area is 115 Å². The summed E-state index contributed by atoms with van der Waals surface area (Å²) in [6, 6.07) is 11.3. The number of nitrogens with zero attached hydrogens (tertiary/aromatic N) is 2. The lowest BCUT2D eigenvalue weighted by molar-refractivity contribution is -0.138. The number of rotatable bonds is 5. The Morgan fingerprint density at radius 2 is 2.05 bits per heavy atom. The quantitative estimate of drug-likeness (QED) is 0.670. The molecule has 0 bridgehead atoms. The largest absolute Gasteiger partial charge is 0.481 e. The van der Waals surface area contributed by atoms with Crippen LogP contribution in [0.4, 0.5) is 0 Å². The molecule has 1 aromatic heterocycles. The SMILES string of the molecule is CSc1cc(C(Cc2ccccc2)C(=O)O)ncn1. The molecule has 5 heteroatoms. The smallest absolute Gasteiger partial charge is 0.312 e. The van der Waals surface area contributed by atoms with Gasteiger partial charge >= 0.3 is 5.97 Å². The van der Waals surface area contributed by atoms with Gasteiger partial charge in [-0.2, -0.15) is 0 Å². The first-order chi connectivity index (χ1) is 9.20. The monoisotopic (exact) mass is 274 g/mol. The van der Waals surface area contributed by atoms with Crippen molar-refractivity contribution < 1.29 is 9.90 Å². The maximum atomic E-state index is 11.4. The molecule has 1 unspecified atom stereocenters. The molecule has 1 aromatic carbocycles. The molecule has 1 atom stereocenters. The van der Waals surface area contributed by atoms with Crippen molar-refractivity contribution in [1.29, 1.82) is 0 Å². The summed E-state index contributed by atoms with van der Waals surface area (Å²) in [5.41, 5.74) is 1.54. The van der Waals surface area contributed by atoms with Gasteiger partial charge in [0.05, 0.1) is 10.7 Å². The molecule has 1 N–H and O–H groups in total. The zero-order chi connectivity index (χ0) is 13.7. The van der Waals surface area contributed by atoms with Crippen LogP contribution in [-0.4, -0.2) is 27.3 Å². The van der Waals surface area contributed by atoms with Crippen LogP contribution in [0.15, 0.2) is 47.8 Å². The standard InChI is InChI=1S/C14H14N2O2S/c1-19-13-8-12(15-9-16-13)11(14(17)18)7-10-5-3-2-4-6-10/h2-6,8-9,11H,7H2,1H3,(H,17,18). The molecule has 19 heavy (non-hydrogen) atoms. The van der Waals surface area contributed by atoms with E-state index in [1.165, 1.54) is 18.1 Å². The van der Waals surface area contributed by atoms with Crippen LogP contribution in [0.25, 0.3) is 0 Å². The van der Waals surface area contributed by atoms with Crippen molar-refractivity contribution in [2.24, 2.45) is 0 Å². The lowest BCUT2D eigenvalue weighted by atomic mass is 9.96. The molecule has 0 aliphatic heterocycles. The summed E-state index contributed by atoms with van der Waals surface area (Å²) in [5, 5.41) is 10.2. The molecule has 1 heterocycles. The molecular formula is C14H14N2O2S. The maximum absolute atomic E-state index is 11.4. The maximum Gasteiger partial charge on any atom is 0.312 e. The number of hydrogen-bond donors (Lipinski definition) is 1. The first-order valence-corrected chi connectivity index (χ1v) is 7.06. The minimum absolute atomic E-state index is 0.432. The highest BCUT2D eigenvalue weighted by atomic mass is 32.2. The molecule has 4 nitrogen and oxygen atoms in total. The van der Waals surface area contributed by atoms with Crippen LogP contribution < -0.4 is 0 Å². The van der Waals surface area contributed by atoms with Crippen molar-refractivity contribution in [3.05, 3.63) is 54.0 Å². The Morgan fingerprint density at radius 3 is 2.68 bits per heavy atom. The summed E-state index contributed by atoms with van der Waals surface area (Å²) in [4.78, 5) is 19.6. The number of benzene rings is 1. The molecule has 0 fully saturated rings. The van der Waals surface area contributed by atoms with Crippen LogP contribution in [0.1, 0.15) is 17.2 Å². The van der Waals surface area contributed by atoms with Gasteiger partial charge in [0.1, 0.15) is 12.2 Å². The van der Waals surface area contributed by atoms with Crippen LogP contribution in [-0.2, 0) is 11.2 Å². The molecule has 0 radical (unpaired) electrons. The fraction of sp³-hybridized carbons (Fsp3) is 0.214. The highest BCUT2D eigenvalue weighted by molar-refractivity contribution is 7.98. The third-order valence-electron chi connectivity index (χ3n) is 2.81. The van der Waals surface area contributed by atoms with Gasteiger partial charge in [0.2, 0.25) is 0 Å². The third-order valence-corrected chi connectivity index (χ3v) is 3.45. The van der Waals surface area contributed by atoms with Gasteiger partial charge in [-0.3, -0.25) is 4.79 Å². The fourth-order valence-electron chi connectivity index (χ4n) is 1.82. The summed E-state index contributed by atoms with van der Waals surface area (Å²) >= 11 is 1.47. The number of aliphatic carboxylic acids is 1. The second kappa shape index (κ2) is 6.33. The minimum atomic E-state index is -0.866. The van der Waals surface area contributed by atoms with E-state index in [0.717, 1.165) is 10.6 Å². The summed E-state index contributed by atoms with van der Waals surface area (Å²) in [6.45, 7) is 0. The van der Waals surface area contributed by atoms with Gasteiger partial charge in [-0.15, -0.1) is 11.8 Å². The van der Waals surface area contributed by atoms with E-state index in [2.05, 4.69) is 9.97 Å². The summed E-state index contributed by atoms with van der Waals surface area (Å²) < 4.78 is 0. The number of carboxylic acids is 1. The molecule has 0 aliphatic carbocycles. The number of carboxylic acid groups (broad SMARTS) is 1. The van der Waals surface area contributed by atoms with E-state index in [-0.39, 0.29) is 0 Å². The first kappa shape index (κ1) is 13.5. The van der Waals surface area contributed by atoms with Crippen molar-refractivity contribution in [2.75, 3.05) is 6.26 Å². The zero-order valence-corrected chi connectivity index (χ0v) is 11.3. The summed E-state index contributed by atoms with van der Waals surface area (Å²) in [6.07, 6.45) is 3.75. The number of hydrogen-bond acceptors (Lipinski definition) is 4. The molecule has 0 amide bonds. The number of thioether (sulfide) groups is 1. The highest BCUT2D eigenvalue weighted by Gasteiger charge is 2.22. The average molecular weight is 274 g/mol. The Hall–Kier alpha value is -1.88. The van der Waals surface area contributed by atoms with Crippen molar-refractivity contribution in [3.8, 4) is 0 Å². The van der Waals surface area contributed by atoms with Gasteiger partial charge < -0.3 is 5.11 Å². The van der Waals surface area contributed by atoms with Gasteiger partial charge in [0.15, 0.2) is 0 Å². The van der Waals surface area contributed by atoms with Crippen molar-refractivity contribution in [2.45, 2.75) is 17.4 Å². The van der Waals surface area contributed by atoms with Crippen LogP contribution >= 0.6 is 11.8 Å². The van der Waals surface area contributed by atoms with Crippen molar-refractivity contribution in [1.82, 2.24) is 9.97 Å². The Balaban J connectivity index is 2.27. The van der Waals surface area contributed by atoms with Gasteiger partial charge in [-0.25, -0.2) is 9.97 Å². The molecule has 2 aromatic rings. The van der Waals surface area contributed by atoms with E-state index in [0.29, 0.717) is 12.1 Å². The molecular weight excluding hydrogens is 260 g/mol. The van der Waals surface area contributed by atoms with Crippen molar-refractivity contribution >= 4 is 17.7 Å². The predicted octanol–water partition coefficient (Wildman–Crippen LogP) is 2.61. The fourth-order valence-corrected chi connectivity index (χ4v) is 2.22. The third kappa shape index (κ3) is 3.54. The lowest BCUT2D eigenvalue weighted by Crippen LogP contribution is -2.16. The first-order valence-electron chi connectivity index (χ1n) is 5.83. The topological polar surface area (TPSA) is 63.1 Å². The molecule has 0 aliphatic rings. The lowest BCUT2D eigenvalue weighted by Gasteiger charge is -2.12. The second-order valence-electron chi connectivity index (χ2n) is 4.07. The van der Waals surface area contributed by atoms with E-state index in [4.69, 9.17) is 0 Å². The van der Waals surface area contributed by atoms with Crippen LogP contribution in [0.2, 0.25) is 0 Å². The van der Waals surface area contributed by atoms with E-state index in [9.17, 15) is 9.90 Å². The highest BCUT2D eigenvalue weighted by Crippen LogP contribution is 2.22. The van der Waals surface area contributed by atoms with E-state index < -0.39 is 11.9 Å². The number of aromatic nitrogens is 2. The normalized spacial score (nSPS) is 12.1. The predicted molar refractivity (Wildman–Crippen MR) is 74.3 cm³/mol. The van der Waals surface area contributed by atoms with Gasteiger partial charge in [-0.1, -0.05) is 30.3 Å². The van der Waals surface area contributed by atoms with E-state index >= 15 is 0 Å². The molecule has 0 saturated carbocycles. The molecule has 0 spiro atoms. The molecule has 98 valence electrons. The van der Waals surface area contributed by atoms with E-state index in [1.807, 2.05) is 36.6 Å². The van der Waals surface area contributed by atoms with Crippen LogP contribution in [0.3, 0.4) is 0 Å².